The summed E-state index contributed by atoms with van der Waals surface area (Å²) in [4.78, 5) is 0. The smallest absolute Gasteiger partial charge is 0.306 e. The number of hydrogen-bond donors (Lipinski definition) is 0. The van der Waals surface area contributed by atoms with Gasteiger partial charge in [0.1, 0.15) is 0 Å². The van der Waals surface area contributed by atoms with E-state index in [9.17, 15) is 26.0 Å². The molecule has 0 saturated heterocycles. The van der Waals surface area contributed by atoms with Gasteiger partial charge in [0.2, 0.25) is 34.8 Å². The lowest BCUT2D eigenvalue weighted by atomic mass is 10.2. The summed E-state index contributed by atoms with van der Waals surface area (Å²) in [6.45, 7) is 0. The average molecular weight is 274 g/mol. The molecule has 1 aromatic carbocycles. The summed E-state index contributed by atoms with van der Waals surface area (Å²) >= 11 is 0. The number of hydrogen-bond acceptors (Lipinski definition) is 4. The summed E-state index contributed by atoms with van der Waals surface area (Å²) < 4.78 is 81.6. The average Bonchev–Trinajstić information content (AvgIpc) is 2.22. The van der Waals surface area contributed by atoms with E-state index in [4.69, 9.17) is 0 Å². The van der Waals surface area contributed by atoms with Gasteiger partial charge >= 0.3 is 10.1 Å². The van der Waals surface area contributed by atoms with Gasteiger partial charge in [0.05, 0.1) is 13.4 Å². The molecule has 1 aromatic rings. The van der Waals surface area contributed by atoms with Gasteiger partial charge in [-0.15, -0.1) is 0 Å². The zero-order valence-corrected chi connectivity index (χ0v) is 9.37. The highest BCUT2D eigenvalue weighted by Gasteiger charge is 2.29. The van der Waals surface area contributed by atoms with Crippen LogP contribution in [-0.4, -0.2) is 21.8 Å². The maximum Gasteiger partial charge on any atom is 0.306 e. The van der Waals surface area contributed by atoms with E-state index in [0.29, 0.717) is 6.26 Å². The van der Waals surface area contributed by atoms with Crippen molar-refractivity contribution in [2.24, 2.45) is 0 Å². The number of ether oxygens (including phenoxy) is 1. The Hall–Kier alpha value is -1.51. The molecule has 4 nitrogen and oxygen atoms in total. The van der Waals surface area contributed by atoms with Crippen molar-refractivity contribution in [3.05, 3.63) is 23.3 Å². The summed E-state index contributed by atoms with van der Waals surface area (Å²) in [5.74, 6) is -10.7. The fraction of sp³-hybridized carbons (Fsp3) is 0.250. The predicted octanol–water partition coefficient (Wildman–Crippen LogP) is 1.59. The molecule has 0 saturated carbocycles. The number of methoxy groups -OCH3 is 1. The Labute approximate surface area is 93.9 Å². The second kappa shape index (κ2) is 4.40. The summed E-state index contributed by atoms with van der Waals surface area (Å²) in [5, 5.41) is 0. The van der Waals surface area contributed by atoms with Crippen molar-refractivity contribution in [2.45, 2.75) is 0 Å². The molecule has 0 aliphatic heterocycles. The molecule has 17 heavy (non-hydrogen) atoms. The third kappa shape index (κ3) is 2.60. The van der Waals surface area contributed by atoms with Crippen LogP contribution in [0.15, 0.2) is 0 Å². The molecule has 96 valence electrons. The molecule has 0 aliphatic carbocycles. The summed E-state index contributed by atoms with van der Waals surface area (Å²) in [5.41, 5.74) is 0. The fourth-order valence-electron chi connectivity index (χ4n) is 1.000. The SMILES string of the molecule is COc1c(F)c(F)c(F)c(F)c1OS(C)(=O)=O. The van der Waals surface area contributed by atoms with Crippen LogP contribution in [0.5, 0.6) is 11.5 Å². The van der Waals surface area contributed by atoms with Crippen LogP contribution in [-0.2, 0) is 10.1 Å². The lowest BCUT2D eigenvalue weighted by Gasteiger charge is -2.11. The third-order valence-corrected chi connectivity index (χ3v) is 2.09. The van der Waals surface area contributed by atoms with E-state index in [0.717, 1.165) is 7.11 Å². The van der Waals surface area contributed by atoms with E-state index in [1.54, 1.807) is 0 Å². The first-order valence-electron chi connectivity index (χ1n) is 3.98. The first kappa shape index (κ1) is 13.6. The van der Waals surface area contributed by atoms with Gasteiger partial charge in [-0.2, -0.15) is 17.2 Å². The van der Waals surface area contributed by atoms with Crippen molar-refractivity contribution in [3.8, 4) is 11.5 Å². The number of rotatable bonds is 3. The Bertz CT molecular complexity index is 555. The molecule has 0 radical (unpaired) electrons. The third-order valence-electron chi connectivity index (χ3n) is 1.62. The highest BCUT2D eigenvalue weighted by atomic mass is 32.2. The molecule has 1 rings (SSSR count). The van der Waals surface area contributed by atoms with Crippen LogP contribution in [0.25, 0.3) is 0 Å². The van der Waals surface area contributed by atoms with E-state index in [1.807, 2.05) is 0 Å². The molecule has 0 aliphatic rings. The van der Waals surface area contributed by atoms with E-state index >= 15 is 0 Å². The minimum absolute atomic E-state index is 0.519. The second-order valence-corrected chi connectivity index (χ2v) is 4.48. The van der Waals surface area contributed by atoms with Gasteiger partial charge in [0.25, 0.3) is 0 Å². The van der Waals surface area contributed by atoms with Gasteiger partial charge in [0, 0.05) is 0 Å². The molecule has 0 amide bonds. The molecule has 0 spiro atoms. The summed E-state index contributed by atoms with van der Waals surface area (Å²) in [6, 6.07) is 0. The Morgan fingerprint density at radius 1 is 0.882 bits per heavy atom. The molecule has 0 heterocycles. The lowest BCUT2D eigenvalue weighted by molar-refractivity contribution is 0.322. The minimum Gasteiger partial charge on any atom is -0.490 e. The predicted molar refractivity (Wildman–Crippen MR) is 48.3 cm³/mol. The molecule has 0 unspecified atom stereocenters. The van der Waals surface area contributed by atoms with Gasteiger partial charge < -0.3 is 8.92 Å². The van der Waals surface area contributed by atoms with Crippen molar-refractivity contribution in [1.29, 1.82) is 0 Å². The molecule has 0 N–H and O–H groups in total. The Morgan fingerprint density at radius 2 is 1.29 bits per heavy atom. The van der Waals surface area contributed by atoms with E-state index in [-0.39, 0.29) is 0 Å². The van der Waals surface area contributed by atoms with Crippen molar-refractivity contribution in [2.75, 3.05) is 13.4 Å². The van der Waals surface area contributed by atoms with E-state index < -0.39 is 44.9 Å². The normalized spacial score (nSPS) is 11.4. The van der Waals surface area contributed by atoms with Gasteiger partial charge in [-0.25, -0.2) is 8.78 Å². The van der Waals surface area contributed by atoms with Gasteiger partial charge in [-0.1, -0.05) is 0 Å². The highest BCUT2D eigenvalue weighted by Crippen LogP contribution is 2.37. The fourth-order valence-corrected chi connectivity index (χ4v) is 1.45. The molecular formula is C8H6F4O4S. The van der Waals surface area contributed by atoms with Gasteiger partial charge in [0.15, 0.2) is 0 Å². The molecule has 0 atom stereocenters. The Morgan fingerprint density at radius 3 is 1.65 bits per heavy atom. The van der Waals surface area contributed by atoms with Crippen LogP contribution in [0.4, 0.5) is 17.6 Å². The maximum absolute atomic E-state index is 13.2. The maximum atomic E-state index is 13.2. The highest BCUT2D eigenvalue weighted by molar-refractivity contribution is 7.86. The minimum atomic E-state index is -4.25. The molecule has 0 bridgehead atoms. The standard InChI is InChI=1S/C8H6F4O4S/c1-15-7-5(11)3(9)4(10)6(12)8(7)16-17(2,13)14/h1-2H3. The zero-order valence-electron chi connectivity index (χ0n) is 8.55. The van der Waals surface area contributed by atoms with Crippen molar-refractivity contribution in [1.82, 2.24) is 0 Å². The molecular weight excluding hydrogens is 268 g/mol. The first-order chi connectivity index (χ1) is 7.69. The van der Waals surface area contributed by atoms with Crippen LogP contribution in [0.1, 0.15) is 0 Å². The first-order valence-corrected chi connectivity index (χ1v) is 5.80. The van der Waals surface area contributed by atoms with Gasteiger partial charge in [-0.3, -0.25) is 0 Å². The zero-order chi connectivity index (χ0) is 13.4. The Balaban J connectivity index is 3.58. The van der Waals surface area contributed by atoms with Crippen LogP contribution >= 0.6 is 0 Å². The van der Waals surface area contributed by atoms with E-state index in [2.05, 4.69) is 8.92 Å². The monoisotopic (exact) mass is 274 g/mol. The summed E-state index contributed by atoms with van der Waals surface area (Å²) in [7, 11) is -3.44. The largest absolute Gasteiger partial charge is 0.490 e. The molecule has 0 aromatic heterocycles. The number of benzene rings is 1. The second-order valence-electron chi connectivity index (χ2n) is 2.91. The van der Waals surface area contributed by atoms with Crippen molar-refractivity contribution < 1.29 is 34.9 Å². The summed E-state index contributed by atoms with van der Waals surface area (Å²) in [6.07, 6.45) is 0.519. The van der Waals surface area contributed by atoms with Crippen molar-refractivity contribution >= 4 is 10.1 Å². The Kier molecular flexibility index (Phi) is 3.51. The van der Waals surface area contributed by atoms with Crippen LogP contribution in [0, 0.1) is 23.3 Å². The quantitative estimate of drug-likeness (QED) is 0.363. The van der Waals surface area contributed by atoms with Crippen LogP contribution in [0.2, 0.25) is 0 Å². The van der Waals surface area contributed by atoms with Crippen molar-refractivity contribution in [3.63, 3.8) is 0 Å². The molecule has 9 heteroatoms. The lowest BCUT2D eigenvalue weighted by Crippen LogP contribution is -2.11. The number of halogens is 4. The topological polar surface area (TPSA) is 52.6 Å². The van der Waals surface area contributed by atoms with Crippen LogP contribution < -0.4 is 8.92 Å². The van der Waals surface area contributed by atoms with Gasteiger partial charge in [-0.05, 0) is 0 Å². The van der Waals surface area contributed by atoms with Crippen LogP contribution in [0.3, 0.4) is 0 Å². The van der Waals surface area contributed by atoms with E-state index in [1.165, 1.54) is 0 Å². The molecule has 0 fully saturated rings.